The summed E-state index contributed by atoms with van der Waals surface area (Å²) in [4.78, 5) is 25.9. The summed E-state index contributed by atoms with van der Waals surface area (Å²) in [6.45, 7) is 4.70. The standard InChI is InChI=1S/C18H31N3O2S/c1-2-4-16(22)21-10-3-5-14(11-21)18-20-15(12-24-18)8-9-19-17(23)13-6-7-13/h13-15,18,20H,2-12H2,1H3,(H,19,23). The van der Waals surface area contributed by atoms with Gasteiger partial charge in [0.05, 0.1) is 5.37 Å². The van der Waals surface area contributed by atoms with Gasteiger partial charge >= 0.3 is 0 Å². The van der Waals surface area contributed by atoms with Crippen LogP contribution >= 0.6 is 11.8 Å². The van der Waals surface area contributed by atoms with Crippen LogP contribution in [0.15, 0.2) is 0 Å². The van der Waals surface area contributed by atoms with E-state index < -0.39 is 0 Å². The molecule has 3 atom stereocenters. The molecule has 3 fully saturated rings. The molecule has 0 bridgehead atoms. The fourth-order valence-corrected chi connectivity index (χ4v) is 5.19. The third kappa shape index (κ3) is 4.88. The van der Waals surface area contributed by atoms with Crippen molar-refractivity contribution >= 4 is 23.6 Å². The van der Waals surface area contributed by atoms with Crippen LogP contribution in [0.3, 0.4) is 0 Å². The molecule has 5 nitrogen and oxygen atoms in total. The maximum Gasteiger partial charge on any atom is 0.223 e. The van der Waals surface area contributed by atoms with Crippen molar-refractivity contribution in [2.45, 2.75) is 63.3 Å². The van der Waals surface area contributed by atoms with Crippen molar-refractivity contribution in [1.82, 2.24) is 15.5 Å². The van der Waals surface area contributed by atoms with Gasteiger partial charge in [-0.2, -0.15) is 0 Å². The molecule has 1 saturated carbocycles. The van der Waals surface area contributed by atoms with E-state index in [1.807, 2.05) is 11.8 Å². The highest BCUT2D eigenvalue weighted by molar-refractivity contribution is 8.00. The number of nitrogens with zero attached hydrogens (tertiary/aromatic N) is 1. The predicted molar refractivity (Wildman–Crippen MR) is 97.7 cm³/mol. The Bertz CT molecular complexity index is 456. The number of hydrogen-bond acceptors (Lipinski definition) is 4. The van der Waals surface area contributed by atoms with Gasteiger partial charge in [0.1, 0.15) is 0 Å². The van der Waals surface area contributed by atoms with Crippen LogP contribution in [0, 0.1) is 11.8 Å². The highest BCUT2D eigenvalue weighted by Gasteiger charge is 2.34. The lowest BCUT2D eigenvalue weighted by Crippen LogP contribution is -2.46. The van der Waals surface area contributed by atoms with Gasteiger partial charge < -0.3 is 15.5 Å². The van der Waals surface area contributed by atoms with Gasteiger partial charge in [-0.15, -0.1) is 11.8 Å². The average molecular weight is 354 g/mol. The highest BCUT2D eigenvalue weighted by Crippen LogP contribution is 2.32. The van der Waals surface area contributed by atoms with Crippen LogP contribution in [-0.2, 0) is 9.59 Å². The number of carbonyl (C=O) groups excluding carboxylic acids is 2. The number of nitrogens with one attached hydrogen (secondary N) is 2. The molecule has 2 saturated heterocycles. The van der Waals surface area contributed by atoms with Gasteiger partial charge in [-0.1, -0.05) is 6.92 Å². The number of amides is 2. The van der Waals surface area contributed by atoms with Crippen LogP contribution in [0.1, 0.15) is 51.9 Å². The Hall–Kier alpha value is -0.750. The Morgan fingerprint density at radius 3 is 2.88 bits per heavy atom. The number of carbonyl (C=O) groups is 2. The third-order valence-electron chi connectivity index (χ3n) is 5.32. The first-order chi connectivity index (χ1) is 11.7. The lowest BCUT2D eigenvalue weighted by atomic mass is 9.97. The molecule has 0 radical (unpaired) electrons. The Morgan fingerprint density at radius 1 is 1.29 bits per heavy atom. The number of hydrogen-bond donors (Lipinski definition) is 2. The molecule has 2 amide bonds. The monoisotopic (exact) mass is 353 g/mol. The molecule has 0 aromatic heterocycles. The fraction of sp³-hybridized carbons (Fsp3) is 0.889. The van der Waals surface area contributed by atoms with E-state index in [2.05, 4.69) is 22.5 Å². The lowest BCUT2D eigenvalue weighted by molar-refractivity contribution is -0.133. The molecule has 3 rings (SSSR count). The molecule has 0 spiro atoms. The second kappa shape index (κ2) is 8.56. The van der Waals surface area contributed by atoms with E-state index in [4.69, 9.17) is 0 Å². The largest absolute Gasteiger partial charge is 0.356 e. The van der Waals surface area contributed by atoms with Crippen LogP contribution in [0.25, 0.3) is 0 Å². The summed E-state index contributed by atoms with van der Waals surface area (Å²) < 4.78 is 0. The van der Waals surface area contributed by atoms with E-state index in [1.54, 1.807) is 0 Å². The van der Waals surface area contributed by atoms with E-state index >= 15 is 0 Å². The zero-order valence-electron chi connectivity index (χ0n) is 14.8. The van der Waals surface area contributed by atoms with Gasteiger partial charge in [0.2, 0.25) is 11.8 Å². The second-order valence-corrected chi connectivity index (χ2v) is 8.64. The minimum atomic E-state index is 0.245. The Morgan fingerprint density at radius 2 is 2.12 bits per heavy atom. The zero-order chi connectivity index (χ0) is 16.9. The van der Waals surface area contributed by atoms with Crippen molar-refractivity contribution in [3.63, 3.8) is 0 Å². The topological polar surface area (TPSA) is 61.4 Å². The Kier molecular flexibility index (Phi) is 6.44. The van der Waals surface area contributed by atoms with Gasteiger partial charge in [0, 0.05) is 49.7 Å². The van der Waals surface area contributed by atoms with E-state index in [9.17, 15) is 9.59 Å². The molecular formula is C18H31N3O2S. The van der Waals surface area contributed by atoms with Gasteiger partial charge in [-0.25, -0.2) is 0 Å². The molecule has 3 unspecified atom stereocenters. The first-order valence-corrected chi connectivity index (χ1v) is 10.7. The highest BCUT2D eigenvalue weighted by atomic mass is 32.2. The van der Waals surface area contributed by atoms with Gasteiger partial charge in [0.15, 0.2) is 0 Å². The van der Waals surface area contributed by atoms with Crippen LogP contribution in [0.2, 0.25) is 0 Å². The minimum absolute atomic E-state index is 0.245. The quantitative estimate of drug-likeness (QED) is 0.735. The first kappa shape index (κ1) is 18.1. The molecule has 0 aromatic carbocycles. The lowest BCUT2D eigenvalue weighted by Gasteiger charge is -2.35. The summed E-state index contributed by atoms with van der Waals surface area (Å²) in [6, 6.07) is 0.487. The fourth-order valence-electron chi connectivity index (χ4n) is 3.70. The summed E-state index contributed by atoms with van der Waals surface area (Å²) in [5.74, 6) is 2.55. The molecule has 2 N–H and O–H groups in total. The number of likely N-dealkylation sites (tertiary alicyclic amines) is 1. The summed E-state index contributed by atoms with van der Waals surface area (Å²) in [6.07, 6.45) is 7.10. The van der Waals surface area contributed by atoms with E-state index in [0.717, 1.165) is 57.5 Å². The van der Waals surface area contributed by atoms with Gasteiger partial charge in [-0.3, -0.25) is 9.59 Å². The number of piperidine rings is 1. The van der Waals surface area contributed by atoms with Crippen molar-refractivity contribution in [3.8, 4) is 0 Å². The maximum atomic E-state index is 12.1. The Balaban J connectivity index is 1.38. The van der Waals surface area contributed by atoms with Crippen molar-refractivity contribution < 1.29 is 9.59 Å². The smallest absolute Gasteiger partial charge is 0.223 e. The molecule has 0 aromatic rings. The molecule has 24 heavy (non-hydrogen) atoms. The SMILES string of the molecule is CCCC(=O)N1CCCC(C2NC(CCNC(=O)C3CC3)CS2)C1. The minimum Gasteiger partial charge on any atom is -0.356 e. The molecular weight excluding hydrogens is 322 g/mol. The molecule has 2 aliphatic heterocycles. The van der Waals surface area contributed by atoms with Crippen LogP contribution in [0.5, 0.6) is 0 Å². The normalized spacial score (nSPS) is 30.4. The number of thioether (sulfide) groups is 1. The van der Waals surface area contributed by atoms with Gasteiger partial charge in [0.25, 0.3) is 0 Å². The zero-order valence-corrected chi connectivity index (χ0v) is 15.6. The summed E-state index contributed by atoms with van der Waals surface area (Å²) >= 11 is 2.00. The summed E-state index contributed by atoms with van der Waals surface area (Å²) in [5.41, 5.74) is 0. The second-order valence-electron chi connectivity index (χ2n) is 7.46. The van der Waals surface area contributed by atoms with Crippen LogP contribution < -0.4 is 10.6 Å². The van der Waals surface area contributed by atoms with Crippen LogP contribution in [0.4, 0.5) is 0 Å². The maximum absolute atomic E-state index is 12.1. The van der Waals surface area contributed by atoms with E-state index in [-0.39, 0.29) is 5.91 Å². The molecule has 1 aliphatic carbocycles. The van der Waals surface area contributed by atoms with E-state index in [0.29, 0.717) is 35.6 Å². The van der Waals surface area contributed by atoms with Gasteiger partial charge in [-0.05, 0) is 38.5 Å². The van der Waals surface area contributed by atoms with Crippen molar-refractivity contribution in [2.75, 3.05) is 25.4 Å². The van der Waals surface area contributed by atoms with E-state index in [1.165, 1.54) is 6.42 Å². The molecule has 6 heteroatoms. The van der Waals surface area contributed by atoms with Crippen molar-refractivity contribution in [2.24, 2.45) is 11.8 Å². The summed E-state index contributed by atoms with van der Waals surface area (Å²) in [5, 5.41) is 7.27. The third-order valence-corrected chi connectivity index (χ3v) is 6.79. The van der Waals surface area contributed by atoms with Crippen molar-refractivity contribution in [3.05, 3.63) is 0 Å². The summed E-state index contributed by atoms with van der Waals surface area (Å²) in [7, 11) is 0. The average Bonchev–Trinajstić information content (AvgIpc) is 3.34. The Labute approximate surface area is 149 Å². The first-order valence-electron chi connectivity index (χ1n) is 9.60. The predicted octanol–water partition coefficient (Wildman–Crippen LogP) is 1.97. The molecule has 2 heterocycles. The molecule has 136 valence electrons. The number of rotatable bonds is 7. The van der Waals surface area contributed by atoms with Crippen LogP contribution in [-0.4, -0.2) is 53.5 Å². The molecule has 3 aliphatic rings. The van der Waals surface area contributed by atoms with Crippen molar-refractivity contribution in [1.29, 1.82) is 0 Å².